The van der Waals surface area contributed by atoms with Gasteiger partial charge in [-0.2, -0.15) is 4.21 Å². The van der Waals surface area contributed by atoms with Crippen molar-refractivity contribution in [1.29, 1.82) is 0 Å². The highest BCUT2D eigenvalue weighted by molar-refractivity contribution is 7.75. The average Bonchev–Trinajstić information content (AvgIpc) is 2.17. The van der Waals surface area contributed by atoms with Crippen LogP contribution in [0.25, 0.3) is 0 Å². The molecule has 4 heteroatoms. The zero-order chi connectivity index (χ0) is 6.69. The molecule has 0 aromatic rings. The van der Waals surface area contributed by atoms with Crippen LogP contribution in [0.15, 0.2) is 12.0 Å². The summed E-state index contributed by atoms with van der Waals surface area (Å²) in [5.74, 6) is 0.677. The first-order valence-electron chi connectivity index (χ1n) is 2.79. The molecule has 1 aliphatic heterocycles. The highest BCUT2D eigenvalue weighted by Crippen LogP contribution is 2.15. The van der Waals surface area contributed by atoms with Crippen LogP contribution in [0.3, 0.4) is 0 Å². The Hall–Kier alpha value is -0.510. The quantitative estimate of drug-likeness (QED) is 0.591. The topological polar surface area (TPSA) is 35.5 Å². The van der Waals surface area contributed by atoms with Gasteiger partial charge in [-0.25, -0.2) is 0 Å². The summed E-state index contributed by atoms with van der Waals surface area (Å²) in [7, 11) is 0. The maximum atomic E-state index is 10.3. The Morgan fingerprint density at radius 2 is 2.56 bits per heavy atom. The molecule has 1 unspecified atom stereocenters. The largest absolute Gasteiger partial charge is 0.417 e. The molecule has 1 aliphatic rings. The second kappa shape index (κ2) is 2.87. The van der Waals surface area contributed by atoms with Crippen LogP contribution in [-0.4, -0.2) is 4.21 Å². The van der Waals surface area contributed by atoms with Crippen molar-refractivity contribution < 1.29 is 12.6 Å². The van der Waals surface area contributed by atoms with E-state index in [2.05, 4.69) is 4.18 Å². The van der Waals surface area contributed by atoms with Gasteiger partial charge in [0, 0.05) is 6.42 Å². The fraction of sp³-hybridized carbons (Fsp3) is 0.600. The molecule has 1 heterocycles. The predicted octanol–water partition coefficient (Wildman–Crippen LogP) is 1.25. The third-order valence-electron chi connectivity index (χ3n) is 0.930. The minimum absolute atomic E-state index is 0.677. The van der Waals surface area contributed by atoms with E-state index in [0.29, 0.717) is 5.76 Å². The van der Waals surface area contributed by atoms with Gasteiger partial charge >= 0.3 is 11.4 Å². The molecule has 0 aromatic carbocycles. The monoisotopic (exact) mass is 148 g/mol. The molecule has 0 radical (unpaired) electrons. The van der Waals surface area contributed by atoms with Crippen LogP contribution in [0.5, 0.6) is 0 Å². The third kappa shape index (κ3) is 1.71. The van der Waals surface area contributed by atoms with Gasteiger partial charge in [0.05, 0.1) is 0 Å². The number of hydrogen-bond donors (Lipinski definition) is 0. The van der Waals surface area contributed by atoms with Crippen molar-refractivity contribution >= 4 is 11.4 Å². The summed E-state index contributed by atoms with van der Waals surface area (Å²) in [6.07, 6.45) is 3.18. The lowest BCUT2D eigenvalue weighted by Gasteiger charge is -1.92. The molecule has 0 bridgehead atoms. The normalized spacial score (nSPS) is 24.6. The van der Waals surface area contributed by atoms with Gasteiger partial charge in [0.2, 0.25) is 0 Å². The zero-order valence-electron chi connectivity index (χ0n) is 5.12. The fourth-order valence-electron chi connectivity index (χ4n) is 0.567. The smallest absolute Gasteiger partial charge is 0.375 e. The van der Waals surface area contributed by atoms with Crippen LogP contribution in [0.2, 0.25) is 0 Å². The molecule has 0 spiro atoms. The Bertz CT molecular complexity index is 152. The van der Waals surface area contributed by atoms with E-state index in [9.17, 15) is 4.21 Å². The number of allylic oxidation sites excluding steroid dienone is 1. The lowest BCUT2D eigenvalue weighted by Crippen LogP contribution is -1.87. The van der Waals surface area contributed by atoms with Crippen molar-refractivity contribution in [2.24, 2.45) is 0 Å². The second-order valence-corrected chi connectivity index (χ2v) is 2.49. The Morgan fingerprint density at radius 1 is 1.78 bits per heavy atom. The number of hydrogen-bond acceptors (Lipinski definition) is 3. The van der Waals surface area contributed by atoms with E-state index in [1.807, 2.05) is 6.92 Å². The molecule has 0 aliphatic carbocycles. The molecule has 52 valence electrons. The summed E-state index contributed by atoms with van der Waals surface area (Å²) in [4.78, 5) is 0. The summed E-state index contributed by atoms with van der Waals surface area (Å²) >= 11 is -1.55. The van der Waals surface area contributed by atoms with Gasteiger partial charge < -0.3 is 8.37 Å². The first-order valence-corrected chi connectivity index (χ1v) is 3.79. The number of rotatable bonds is 2. The fourth-order valence-corrected chi connectivity index (χ4v) is 1.09. The molecule has 3 nitrogen and oxygen atoms in total. The summed E-state index contributed by atoms with van der Waals surface area (Å²) in [5.41, 5.74) is 0. The molecule has 0 fully saturated rings. The van der Waals surface area contributed by atoms with Gasteiger partial charge in [-0.15, -0.1) is 0 Å². The summed E-state index contributed by atoms with van der Waals surface area (Å²) in [5, 5.41) is 0. The molecular weight excluding hydrogens is 140 g/mol. The first kappa shape index (κ1) is 6.61. The molecule has 1 atom stereocenters. The molecule has 9 heavy (non-hydrogen) atoms. The van der Waals surface area contributed by atoms with Crippen LogP contribution in [0.4, 0.5) is 0 Å². The van der Waals surface area contributed by atoms with E-state index in [1.54, 1.807) is 0 Å². The van der Waals surface area contributed by atoms with E-state index in [-0.39, 0.29) is 0 Å². The SMILES string of the molecule is CCCC1=COS(=O)O1. The van der Waals surface area contributed by atoms with Crippen molar-refractivity contribution in [1.82, 2.24) is 0 Å². The minimum Gasteiger partial charge on any atom is -0.375 e. The van der Waals surface area contributed by atoms with E-state index in [4.69, 9.17) is 4.18 Å². The Labute approximate surface area is 56.5 Å². The van der Waals surface area contributed by atoms with Crippen LogP contribution in [-0.2, 0) is 19.7 Å². The Kier molecular flexibility index (Phi) is 2.10. The van der Waals surface area contributed by atoms with E-state index in [0.717, 1.165) is 12.8 Å². The van der Waals surface area contributed by atoms with Crippen molar-refractivity contribution in [3.8, 4) is 0 Å². The van der Waals surface area contributed by atoms with Crippen molar-refractivity contribution in [2.75, 3.05) is 0 Å². The molecule has 0 saturated carbocycles. The molecular formula is C5H8O3S. The van der Waals surface area contributed by atoms with Crippen LogP contribution >= 0.6 is 0 Å². The maximum Gasteiger partial charge on any atom is 0.417 e. The van der Waals surface area contributed by atoms with Crippen molar-refractivity contribution in [2.45, 2.75) is 19.8 Å². The molecule has 0 N–H and O–H groups in total. The van der Waals surface area contributed by atoms with Gasteiger partial charge in [0.15, 0.2) is 5.76 Å². The van der Waals surface area contributed by atoms with Gasteiger partial charge in [0.1, 0.15) is 6.26 Å². The summed E-state index contributed by atoms with van der Waals surface area (Å²) in [6, 6.07) is 0. The molecule has 0 amide bonds. The maximum absolute atomic E-state index is 10.3. The molecule has 0 saturated heterocycles. The predicted molar refractivity (Wildman–Crippen MR) is 33.3 cm³/mol. The summed E-state index contributed by atoms with van der Waals surface area (Å²) in [6.45, 7) is 2.02. The van der Waals surface area contributed by atoms with Gasteiger partial charge in [-0.05, 0) is 6.42 Å². The third-order valence-corrected chi connectivity index (χ3v) is 1.53. The minimum atomic E-state index is -1.55. The van der Waals surface area contributed by atoms with Crippen LogP contribution < -0.4 is 0 Å². The highest BCUT2D eigenvalue weighted by Gasteiger charge is 2.12. The van der Waals surface area contributed by atoms with Crippen molar-refractivity contribution in [3.05, 3.63) is 12.0 Å². The standard InChI is InChI=1S/C5H8O3S/c1-2-3-5-4-7-9(6)8-5/h4H,2-3H2,1H3. The van der Waals surface area contributed by atoms with Gasteiger partial charge in [0.25, 0.3) is 0 Å². The van der Waals surface area contributed by atoms with Crippen LogP contribution in [0, 0.1) is 0 Å². The molecule has 0 aromatic heterocycles. The highest BCUT2D eigenvalue weighted by atomic mass is 32.2. The lowest BCUT2D eigenvalue weighted by molar-refractivity contribution is 0.419. The van der Waals surface area contributed by atoms with Gasteiger partial charge in [-0.1, -0.05) is 6.92 Å². The van der Waals surface area contributed by atoms with E-state index >= 15 is 0 Å². The van der Waals surface area contributed by atoms with Gasteiger partial charge in [-0.3, -0.25) is 0 Å². The summed E-state index contributed by atoms with van der Waals surface area (Å²) < 4.78 is 19.6. The first-order chi connectivity index (χ1) is 4.33. The molecule has 1 rings (SSSR count). The van der Waals surface area contributed by atoms with E-state index in [1.165, 1.54) is 6.26 Å². The van der Waals surface area contributed by atoms with E-state index < -0.39 is 11.4 Å². The Morgan fingerprint density at radius 3 is 3.00 bits per heavy atom. The average molecular weight is 148 g/mol. The van der Waals surface area contributed by atoms with Crippen LogP contribution in [0.1, 0.15) is 19.8 Å². The second-order valence-electron chi connectivity index (χ2n) is 1.72. The van der Waals surface area contributed by atoms with Crippen molar-refractivity contribution in [3.63, 3.8) is 0 Å². The lowest BCUT2D eigenvalue weighted by atomic mass is 10.3. The Balaban J connectivity index is 2.36. The zero-order valence-corrected chi connectivity index (χ0v) is 5.94.